The van der Waals surface area contributed by atoms with Crippen LogP contribution in [0.25, 0.3) is 5.78 Å². The Morgan fingerprint density at radius 3 is 3.20 bits per heavy atom. The maximum Gasteiger partial charge on any atom is 0.357 e. The number of nitrogens with zero attached hydrogens (tertiary/aromatic N) is 3. The van der Waals surface area contributed by atoms with Gasteiger partial charge in [0.25, 0.3) is 0 Å². The van der Waals surface area contributed by atoms with Crippen molar-refractivity contribution in [2.75, 3.05) is 6.61 Å². The van der Waals surface area contributed by atoms with Crippen molar-refractivity contribution in [3.05, 3.63) is 29.3 Å². The summed E-state index contributed by atoms with van der Waals surface area (Å²) >= 11 is 5.69. The molecule has 0 saturated heterocycles. The second-order valence-corrected chi connectivity index (χ2v) is 3.17. The van der Waals surface area contributed by atoms with Crippen molar-refractivity contribution in [2.45, 2.75) is 6.92 Å². The molecule has 2 aromatic rings. The minimum absolute atomic E-state index is 0.326. The van der Waals surface area contributed by atoms with Crippen LogP contribution in [0.1, 0.15) is 17.4 Å². The van der Waals surface area contributed by atoms with Gasteiger partial charge in [-0.3, -0.25) is 4.40 Å². The van der Waals surface area contributed by atoms with Crippen LogP contribution < -0.4 is 0 Å². The van der Waals surface area contributed by atoms with Gasteiger partial charge in [-0.1, -0.05) is 11.6 Å². The van der Waals surface area contributed by atoms with E-state index in [1.54, 1.807) is 19.2 Å². The molecule has 0 aliphatic carbocycles. The highest BCUT2D eigenvalue weighted by molar-refractivity contribution is 6.29. The number of imidazole rings is 1. The van der Waals surface area contributed by atoms with Crippen LogP contribution in [0.3, 0.4) is 0 Å². The highest BCUT2D eigenvalue weighted by Crippen LogP contribution is 2.09. The third-order valence-electron chi connectivity index (χ3n) is 1.83. The fraction of sp³-hybridized carbons (Fsp3) is 0.222. The molecule has 0 atom stereocenters. The van der Waals surface area contributed by atoms with Crippen LogP contribution >= 0.6 is 11.6 Å². The summed E-state index contributed by atoms with van der Waals surface area (Å²) in [6.07, 6.45) is 3.04. The Hall–Kier alpha value is -1.62. The van der Waals surface area contributed by atoms with Crippen LogP contribution in [0, 0.1) is 0 Å². The average Bonchev–Trinajstić information content (AvgIpc) is 2.60. The first-order chi connectivity index (χ1) is 7.22. The van der Waals surface area contributed by atoms with Crippen molar-refractivity contribution < 1.29 is 9.53 Å². The van der Waals surface area contributed by atoms with E-state index >= 15 is 0 Å². The van der Waals surface area contributed by atoms with Crippen LogP contribution in [-0.2, 0) is 4.74 Å². The molecule has 0 bridgehead atoms. The Morgan fingerprint density at radius 2 is 2.47 bits per heavy atom. The van der Waals surface area contributed by atoms with Crippen LogP contribution in [0.4, 0.5) is 0 Å². The van der Waals surface area contributed by atoms with Crippen molar-refractivity contribution in [1.29, 1.82) is 0 Å². The molecule has 0 aliphatic rings. The Morgan fingerprint density at radius 1 is 1.67 bits per heavy atom. The zero-order valence-electron chi connectivity index (χ0n) is 7.98. The van der Waals surface area contributed by atoms with Crippen LogP contribution in [0.5, 0.6) is 0 Å². The fourth-order valence-corrected chi connectivity index (χ4v) is 1.34. The van der Waals surface area contributed by atoms with Crippen LogP contribution in [0.2, 0.25) is 5.15 Å². The van der Waals surface area contributed by atoms with E-state index in [0.717, 1.165) is 0 Å². The van der Waals surface area contributed by atoms with E-state index in [1.807, 2.05) is 0 Å². The molecule has 0 unspecified atom stereocenters. The molecule has 15 heavy (non-hydrogen) atoms. The van der Waals surface area contributed by atoms with Gasteiger partial charge in [0, 0.05) is 6.20 Å². The van der Waals surface area contributed by atoms with Crippen molar-refractivity contribution in [3.8, 4) is 0 Å². The smallest absolute Gasteiger partial charge is 0.357 e. The summed E-state index contributed by atoms with van der Waals surface area (Å²) in [4.78, 5) is 19.4. The lowest BCUT2D eigenvalue weighted by atomic mass is 10.5. The second kappa shape index (κ2) is 3.86. The number of hydrogen-bond acceptors (Lipinski definition) is 4. The molecule has 2 heterocycles. The van der Waals surface area contributed by atoms with Gasteiger partial charge in [0.05, 0.1) is 12.8 Å². The molecular weight excluding hydrogens is 218 g/mol. The highest BCUT2D eigenvalue weighted by Gasteiger charge is 2.13. The summed E-state index contributed by atoms with van der Waals surface area (Å²) in [5.41, 5.74) is 0.344. The van der Waals surface area contributed by atoms with Gasteiger partial charge in [-0.2, -0.15) is 0 Å². The van der Waals surface area contributed by atoms with Crippen LogP contribution in [-0.4, -0.2) is 26.9 Å². The van der Waals surface area contributed by atoms with Crippen LogP contribution in [0.15, 0.2) is 18.5 Å². The third-order valence-corrected chi connectivity index (χ3v) is 2.04. The predicted octanol–water partition coefficient (Wildman–Crippen LogP) is 1.56. The van der Waals surface area contributed by atoms with E-state index in [2.05, 4.69) is 9.97 Å². The number of aromatic nitrogens is 3. The van der Waals surface area contributed by atoms with Crippen molar-refractivity contribution >= 4 is 23.3 Å². The molecule has 0 aromatic carbocycles. The molecule has 2 rings (SSSR count). The van der Waals surface area contributed by atoms with E-state index in [9.17, 15) is 4.79 Å². The first kappa shape index (κ1) is 9.92. The molecular formula is C9H8ClN3O2. The van der Waals surface area contributed by atoms with Gasteiger partial charge in [-0.15, -0.1) is 0 Å². The summed E-state index contributed by atoms with van der Waals surface area (Å²) in [5, 5.41) is 0.337. The summed E-state index contributed by atoms with van der Waals surface area (Å²) < 4.78 is 6.40. The maximum atomic E-state index is 11.5. The number of ether oxygens (including phenoxy) is 1. The van der Waals surface area contributed by atoms with Crippen molar-refractivity contribution in [3.63, 3.8) is 0 Å². The largest absolute Gasteiger partial charge is 0.461 e. The number of rotatable bonds is 2. The molecule has 0 amide bonds. The molecule has 0 aliphatic heterocycles. The third kappa shape index (κ3) is 1.78. The van der Waals surface area contributed by atoms with E-state index in [0.29, 0.717) is 23.2 Å². The van der Waals surface area contributed by atoms with Gasteiger partial charge in [0.15, 0.2) is 5.69 Å². The Kier molecular flexibility index (Phi) is 2.55. The average molecular weight is 226 g/mol. The molecule has 0 spiro atoms. The molecule has 0 fully saturated rings. The summed E-state index contributed by atoms with van der Waals surface area (Å²) in [6.45, 7) is 2.07. The SMILES string of the molecule is CCOC(=O)c1cnc2nc(Cl)ccn12. The minimum Gasteiger partial charge on any atom is -0.461 e. The maximum absolute atomic E-state index is 11.5. The van der Waals surface area contributed by atoms with Crippen molar-refractivity contribution in [1.82, 2.24) is 14.4 Å². The van der Waals surface area contributed by atoms with Gasteiger partial charge in [0.2, 0.25) is 5.78 Å². The van der Waals surface area contributed by atoms with Gasteiger partial charge >= 0.3 is 5.97 Å². The Balaban J connectivity index is 2.49. The highest BCUT2D eigenvalue weighted by atomic mass is 35.5. The standard InChI is InChI=1S/C9H8ClN3O2/c1-2-15-8(14)6-5-11-9-12-7(10)3-4-13(6)9/h3-5H,2H2,1H3. The zero-order chi connectivity index (χ0) is 10.8. The Bertz CT molecular complexity index is 509. The fourth-order valence-electron chi connectivity index (χ4n) is 1.21. The quantitative estimate of drug-likeness (QED) is 0.575. The zero-order valence-corrected chi connectivity index (χ0v) is 8.73. The first-order valence-corrected chi connectivity index (χ1v) is 4.77. The molecule has 5 nitrogen and oxygen atoms in total. The lowest BCUT2D eigenvalue weighted by Gasteiger charge is -2.00. The summed E-state index contributed by atoms with van der Waals surface area (Å²) in [7, 11) is 0. The molecule has 0 radical (unpaired) electrons. The first-order valence-electron chi connectivity index (χ1n) is 4.39. The van der Waals surface area contributed by atoms with E-state index < -0.39 is 5.97 Å². The summed E-state index contributed by atoms with van der Waals surface area (Å²) in [6, 6.07) is 1.58. The molecule has 78 valence electrons. The number of carbonyl (C=O) groups is 1. The number of carbonyl (C=O) groups excluding carboxylic acids is 1. The van der Waals surface area contributed by atoms with Gasteiger partial charge in [-0.25, -0.2) is 14.8 Å². The van der Waals surface area contributed by atoms with Crippen molar-refractivity contribution in [2.24, 2.45) is 0 Å². The lowest BCUT2D eigenvalue weighted by molar-refractivity contribution is 0.0518. The molecule has 6 heteroatoms. The monoisotopic (exact) mass is 225 g/mol. The lowest BCUT2D eigenvalue weighted by Crippen LogP contribution is -2.07. The Labute approximate surface area is 90.7 Å². The molecule has 0 N–H and O–H groups in total. The molecule has 2 aromatic heterocycles. The number of halogens is 1. The second-order valence-electron chi connectivity index (χ2n) is 2.78. The predicted molar refractivity (Wildman–Crippen MR) is 54.0 cm³/mol. The number of fused-ring (bicyclic) bond motifs is 1. The normalized spacial score (nSPS) is 10.5. The number of esters is 1. The molecule has 0 saturated carbocycles. The topological polar surface area (TPSA) is 56.5 Å². The van der Waals surface area contributed by atoms with E-state index in [4.69, 9.17) is 16.3 Å². The van der Waals surface area contributed by atoms with Gasteiger partial charge in [0.1, 0.15) is 5.15 Å². The van der Waals surface area contributed by atoms with Gasteiger partial charge in [-0.05, 0) is 13.0 Å². The summed E-state index contributed by atoms with van der Waals surface area (Å²) in [5.74, 6) is -0.0420. The minimum atomic E-state index is -0.422. The van der Waals surface area contributed by atoms with Gasteiger partial charge < -0.3 is 4.74 Å². The van der Waals surface area contributed by atoms with E-state index in [1.165, 1.54) is 10.6 Å². The number of hydrogen-bond donors (Lipinski definition) is 0. The van der Waals surface area contributed by atoms with E-state index in [-0.39, 0.29) is 0 Å².